The highest BCUT2D eigenvalue weighted by atomic mass is 16.7. The molecule has 14 nitrogen and oxygen atoms in total. The van der Waals surface area contributed by atoms with Gasteiger partial charge in [0.2, 0.25) is 5.91 Å². The van der Waals surface area contributed by atoms with E-state index in [2.05, 4.69) is 67.8 Å². The molecule has 0 aliphatic carbocycles. The van der Waals surface area contributed by atoms with E-state index in [4.69, 9.17) is 18.9 Å². The van der Waals surface area contributed by atoms with Gasteiger partial charge < -0.3 is 65.1 Å². The van der Waals surface area contributed by atoms with Crippen LogP contribution in [0.15, 0.2) is 48.6 Å². The molecule has 0 aromatic rings. The first-order chi connectivity index (χ1) is 38.6. The van der Waals surface area contributed by atoms with Gasteiger partial charge in [-0.3, -0.25) is 4.79 Å². The van der Waals surface area contributed by atoms with E-state index in [0.29, 0.717) is 12.8 Å². The molecule has 0 aromatic heterocycles. The largest absolute Gasteiger partial charge is 0.394 e. The van der Waals surface area contributed by atoms with Crippen LogP contribution in [0.1, 0.15) is 264 Å². The Morgan fingerprint density at radius 2 is 0.873 bits per heavy atom. The van der Waals surface area contributed by atoms with E-state index in [1.807, 2.05) is 0 Å². The Morgan fingerprint density at radius 3 is 1.34 bits per heavy atom. The number of allylic oxidation sites excluding steroid dienone is 8. The van der Waals surface area contributed by atoms with Crippen LogP contribution in [0.3, 0.4) is 0 Å². The van der Waals surface area contributed by atoms with Crippen molar-refractivity contribution in [3.8, 4) is 0 Å². The molecule has 2 saturated heterocycles. The quantitative estimate of drug-likeness (QED) is 0.0204. The number of aliphatic hydroxyl groups is 8. The van der Waals surface area contributed by atoms with Gasteiger partial charge in [0.15, 0.2) is 12.6 Å². The summed E-state index contributed by atoms with van der Waals surface area (Å²) < 4.78 is 22.8. The van der Waals surface area contributed by atoms with E-state index in [1.165, 1.54) is 161 Å². The summed E-state index contributed by atoms with van der Waals surface area (Å²) in [7, 11) is 0. The van der Waals surface area contributed by atoms with Gasteiger partial charge in [-0.1, -0.05) is 255 Å². The number of aliphatic hydroxyl groups excluding tert-OH is 8. The molecule has 2 aliphatic heterocycles. The van der Waals surface area contributed by atoms with Crippen LogP contribution in [0.25, 0.3) is 0 Å². The number of ether oxygens (including phenoxy) is 4. The molecule has 2 rings (SSSR count). The average Bonchev–Trinajstić information content (AvgIpc) is 3.47. The molecule has 0 bridgehead atoms. The summed E-state index contributed by atoms with van der Waals surface area (Å²) in [5.74, 6) is -0.205. The topological polar surface area (TPSA) is 228 Å². The fourth-order valence-corrected chi connectivity index (χ4v) is 10.6. The third kappa shape index (κ3) is 35.6. The van der Waals surface area contributed by atoms with Gasteiger partial charge in [-0.15, -0.1) is 0 Å². The van der Waals surface area contributed by atoms with E-state index >= 15 is 0 Å². The molecule has 0 saturated carbocycles. The summed E-state index contributed by atoms with van der Waals surface area (Å²) in [6, 6.07) is -0.825. The Labute approximate surface area is 480 Å². The first-order valence-corrected chi connectivity index (χ1v) is 32.4. The molecular weight excluding hydrogens is 1000 g/mol. The summed E-state index contributed by atoms with van der Waals surface area (Å²) in [4.78, 5) is 13.3. The van der Waals surface area contributed by atoms with E-state index < -0.39 is 86.8 Å². The Balaban J connectivity index is 1.56. The smallest absolute Gasteiger partial charge is 0.220 e. The van der Waals surface area contributed by atoms with Gasteiger partial charge >= 0.3 is 0 Å². The molecule has 1 amide bonds. The van der Waals surface area contributed by atoms with Crippen LogP contribution in [-0.2, 0) is 23.7 Å². The van der Waals surface area contributed by atoms with E-state index in [0.717, 1.165) is 77.0 Å². The standard InChI is InChI=1S/C65H119NO13/c1-3-5-7-9-11-13-15-16-17-18-19-20-21-22-23-24-25-26-27-28-29-30-31-32-33-34-35-36-37-38-39-41-43-45-47-49-57(70)66-53(54(69)48-46-44-42-40-14-12-10-8-6-4-2)52-76-64-62(75)60(73)63(56(51-68)78-64)79-65-61(74)59(72)58(71)55(50-67)77-65/h5,7,11,13,16-17,19-20,53-56,58-65,67-69,71-75H,3-4,6,8-10,12,14-15,18,21-52H2,1-2H3,(H,66,70)/b7-5-,13-11-,17-16-,20-19-. The highest BCUT2D eigenvalue weighted by Gasteiger charge is 2.51. The molecule has 2 fully saturated rings. The van der Waals surface area contributed by atoms with Crippen molar-refractivity contribution in [2.24, 2.45) is 0 Å². The highest BCUT2D eigenvalue weighted by Crippen LogP contribution is 2.30. The van der Waals surface area contributed by atoms with Gasteiger partial charge in [-0.25, -0.2) is 0 Å². The minimum Gasteiger partial charge on any atom is -0.394 e. The zero-order chi connectivity index (χ0) is 57.4. The molecule has 2 heterocycles. The van der Waals surface area contributed by atoms with Crippen molar-refractivity contribution >= 4 is 5.91 Å². The summed E-state index contributed by atoms with van der Waals surface area (Å²) in [6.07, 6.45) is 47.3. The van der Waals surface area contributed by atoms with Crippen molar-refractivity contribution < 1.29 is 64.6 Å². The second kappa shape index (κ2) is 50.5. The van der Waals surface area contributed by atoms with Gasteiger partial charge in [0.1, 0.15) is 48.8 Å². The second-order valence-corrected chi connectivity index (χ2v) is 22.9. The zero-order valence-corrected chi connectivity index (χ0v) is 49.9. The van der Waals surface area contributed by atoms with E-state index in [-0.39, 0.29) is 12.5 Å². The summed E-state index contributed by atoms with van der Waals surface area (Å²) >= 11 is 0. The minimum absolute atomic E-state index is 0.205. The second-order valence-electron chi connectivity index (χ2n) is 22.9. The monoisotopic (exact) mass is 1120 g/mol. The lowest BCUT2D eigenvalue weighted by Crippen LogP contribution is -2.65. The molecule has 79 heavy (non-hydrogen) atoms. The molecule has 9 N–H and O–H groups in total. The lowest BCUT2D eigenvalue weighted by atomic mass is 9.97. The van der Waals surface area contributed by atoms with Crippen LogP contribution in [0.2, 0.25) is 0 Å². The molecule has 14 heteroatoms. The summed E-state index contributed by atoms with van der Waals surface area (Å²) in [6.45, 7) is 2.74. The Hall–Kier alpha value is -2.05. The predicted octanol–water partition coefficient (Wildman–Crippen LogP) is 12.0. The number of rotatable bonds is 52. The molecule has 462 valence electrons. The third-order valence-corrected chi connectivity index (χ3v) is 15.8. The lowest BCUT2D eigenvalue weighted by molar-refractivity contribution is -0.359. The fraction of sp³-hybridized carbons (Fsp3) is 0.862. The molecule has 0 aromatic carbocycles. The zero-order valence-electron chi connectivity index (χ0n) is 49.9. The lowest BCUT2D eigenvalue weighted by Gasteiger charge is -2.46. The molecule has 12 atom stereocenters. The third-order valence-electron chi connectivity index (χ3n) is 15.8. The van der Waals surface area contributed by atoms with E-state index in [1.54, 1.807) is 0 Å². The number of nitrogens with one attached hydrogen (secondary N) is 1. The average molecular weight is 1120 g/mol. The first-order valence-electron chi connectivity index (χ1n) is 32.4. The van der Waals surface area contributed by atoms with Gasteiger partial charge in [-0.05, 0) is 51.4 Å². The molecule has 12 unspecified atom stereocenters. The molecule has 0 spiro atoms. The Morgan fingerprint density at radius 1 is 0.468 bits per heavy atom. The van der Waals surface area contributed by atoms with Gasteiger partial charge in [-0.2, -0.15) is 0 Å². The van der Waals surface area contributed by atoms with Crippen LogP contribution < -0.4 is 5.32 Å². The fourth-order valence-electron chi connectivity index (χ4n) is 10.6. The number of carbonyl (C=O) groups excluding carboxylic acids is 1. The van der Waals surface area contributed by atoms with Crippen molar-refractivity contribution in [1.82, 2.24) is 5.32 Å². The van der Waals surface area contributed by atoms with Crippen molar-refractivity contribution in [2.45, 2.75) is 338 Å². The number of hydrogen-bond acceptors (Lipinski definition) is 13. The van der Waals surface area contributed by atoms with Crippen molar-refractivity contribution in [2.75, 3.05) is 19.8 Å². The maximum atomic E-state index is 13.3. The van der Waals surface area contributed by atoms with Crippen LogP contribution >= 0.6 is 0 Å². The first kappa shape index (κ1) is 73.1. The Bertz CT molecular complexity index is 1510. The van der Waals surface area contributed by atoms with Crippen LogP contribution in [0, 0.1) is 0 Å². The minimum atomic E-state index is -1.78. The van der Waals surface area contributed by atoms with Crippen LogP contribution in [0.5, 0.6) is 0 Å². The summed E-state index contributed by atoms with van der Waals surface area (Å²) in [5.41, 5.74) is 0. The molecular formula is C65H119NO13. The van der Waals surface area contributed by atoms with Gasteiger partial charge in [0.25, 0.3) is 0 Å². The number of unbranched alkanes of at least 4 members (excludes halogenated alkanes) is 31. The highest BCUT2D eigenvalue weighted by molar-refractivity contribution is 5.76. The maximum Gasteiger partial charge on any atom is 0.220 e. The van der Waals surface area contributed by atoms with Crippen molar-refractivity contribution in [3.63, 3.8) is 0 Å². The van der Waals surface area contributed by atoms with E-state index in [9.17, 15) is 45.6 Å². The normalized spacial score (nSPS) is 24.7. The maximum absolute atomic E-state index is 13.3. The predicted molar refractivity (Wildman–Crippen MR) is 318 cm³/mol. The van der Waals surface area contributed by atoms with Crippen molar-refractivity contribution in [3.05, 3.63) is 48.6 Å². The SMILES string of the molecule is CC/C=C\C/C=C\C/C=C\C/C=C\CCCCCCCCCCCCCCCCCCCCCCCCC(=O)NC(COC1OC(CO)C(OC2OC(CO)C(O)C(O)C2O)C(O)C1O)C(O)CCCCCCCCCCCC. The molecule has 2 aliphatic rings. The summed E-state index contributed by atoms with van der Waals surface area (Å²) in [5, 5.41) is 87.1. The number of carbonyl (C=O) groups is 1. The number of amides is 1. The van der Waals surface area contributed by atoms with Gasteiger partial charge in [0.05, 0.1) is 32.0 Å². The molecule has 0 radical (unpaired) electrons. The van der Waals surface area contributed by atoms with Crippen LogP contribution in [-0.4, -0.2) is 140 Å². The van der Waals surface area contributed by atoms with Gasteiger partial charge in [0, 0.05) is 6.42 Å². The Kier molecular flexibility index (Phi) is 46.7. The van der Waals surface area contributed by atoms with Crippen molar-refractivity contribution in [1.29, 1.82) is 0 Å². The van der Waals surface area contributed by atoms with Crippen LogP contribution in [0.4, 0.5) is 0 Å². The number of hydrogen-bond donors (Lipinski definition) is 9.